The molecule has 4 nitrogen and oxygen atoms in total. The zero-order valence-corrected chi connectivity index (χ0v) is 14.0. The van der Waals surface area contributed by atoms with Crippen molar-refractivity contribution in [1.29, 1.82) is 0 Å². The highest BCUT2D eigenvalue weighted by Crippen LogP contribution is 2.33. The fourth-order valence-corrected chi connectivity index (χ4v) is 3.24. The standard InChI is InChI=1S/C22H16N4/c1-3-9-16(10-4-1)21-18(15-23-26(21)17-11-5-2-6-12-17)22-24-19-13-7-8-14-20(19)25-22/h1-15H,(H,24,25). The van der Waals surface area contributed by atoms with Crippen LogP contribution in [-0.4, -0.2) is 19.7 Å². The monoisotopic (exact) mass is 336 g/mol. The van der Waals surface area contributed by atoms with Gasteiger partial charge < -0.3 is 4.98 Å². The molecular weight excluding hydrogens is 320 g/mol. The third kappa shape index (κ3) is 2.40. The molecule has 0 atom stereocenters. The molecule has 0 aliphatic rings. The lowest BCUT2D eigenvalue weighted by Gasteiger charge is -2.09. The van der Waals surface area contributed by atoms with Gasteiger partial charge in [-0.25, -0.2) is 9.67 Å². The Morgan fingerprint density at radius 1 is 0.731 bits per heavy atom. The van der Waals surface area contributed by atoms with Crippen molar-refractivity contribution in [3.63, 3.8) is 0 Å². The molecule has 0 saturated heterocycles. The lowest BCUT2D eigenvalue weighted by atomic mass is 10.1. The number of rotatable bonds is 3. The van der Waals surface area contributed by atoms with Crippen LogP contribution in [0.4, 0.5) is 0 Å². The molecule has 26 heavy (non-hydrogen) atoms. The minimum atomic E-state index is 0.826. The Kier molecular flexibility index (Phi) is 3.39. The highest BCUT2D eigenvalue weighted by atomic mass is 15.3. The molecule has 2 heterocycles. The summed E-state index contributed by atoms with van der Waals surface area (Å²) in [5.41, 5.74) is 6.10. The van der Waals surface area contributed by atoms with Gasteiger partial charge in [0.1, 0.15) is 5.82 Å². The first kappa shape index (κ1) is 14.7. The van der Waals surface area contributed by atoms with Crippen LogP contribution in [0.1, 0.15) is 0 Å². The van der Waals surface area contributed by atoms with Crippen LogP contribution in [-0.2, 0) is 0 Å². The van der Waals surface area contributed by atoms with Crippen molar-refractivity contribution < 1.29 is 0 Å². The van der Waals surface area contributed by atoms with Gasteiger partial charge in [-0.1, -0.05) is 60.7 Å². The van der Waals surface area contributed by atoms with Crippen molar-refractivity contribution in [3.05, 3.63) is 91.1 Å². The molecule has 0 spiro atoms. The van der Waals surface area contributed by atoms with Gasteiger partial charge in [0.2, 0.25) is 0 Å². The number of H-pyrrole nitrogens is 1. The SMILES string of the molecule is c1ccc(-c2c(-c3nc4ccccc4[nH]3)cnn2-c2ccccc2)cc1. The van der Waals surface area contributed by atoms with E-state index in [1.54, 1.807) is 0 Å². The number of hydrogen-bond donors (Lipinski definition) is 1. The van der Waals surface area contributed by atoms with Gasteiger partial charge >= 0.3 is 0 Å². The topological polar surface area (TPSA) is 46.5 Å². The van der Waals surface area contributed by atoms with Crippen LogP contribution in [0.25, 0.3) is 39.4 Å². The maximum atomic E-state index is 4.77. The van der Waals surface area contributed by atoms with E-state index in [2.05, 4.69) is 34.3 Å². The third-order valence-corrected chi connectivity index (χ3v) is 4.46. The molecule has 3 aromatic carbocycles. The fraction of sp³-hybridized carbons (Fsp3) is 0. The van der Waals surface area contributed by atoms with Crippen LogP contribution >= 0.6 is 0 Å². The average molecular weight is 336 g/mol. The molecule has 2 aromatic heterocycles. The average Bonchev–Trinajstić information content (AvgIpc) is 3.33. The van der Waals surface area contributed by atoms with Crippen molar-refractivity contribution in [2.24, 2.45) is 0 Å². The minimum Gasteiger partial charge on any atom is -0.338 e. The number of benzene rings is 3. The fourth-order valence-electron chi connectivity index (χ4n) is 3.24. The number of nitrogens with zero attached hydrogens (tertiary/aromatic N) is 3. The zero-order valence-electron chi connectivity index (χ0n) is 14.0. The number of hydrogen-bond acceptors (Lipinski definition) is 2. The van der Waals surface area contributed by atoms with Crippen molar-refractivity contribution in [2.75, 3.05) is 0 Å². The largest absolute Gasteiger partial charge is 0.338 e. The minimum absolute atomic E-state index is 0.826. The molecule has 0 amide bonds. The summed E-state index contributed by atoms with van der Waals surface area (Å²) in [7, 11) is 0. The lowest BCUT2D eigenvalue weighted by Crippen LogP contribution is -1.99. The second-order valence-corrected chi connectivity index (χ2v) is 6.12. The molecule has 5 aromatic rings. The van der Waals surface area contributed by atoms with Crippen molar-refractivity contribution >= 4 is 11.0 Å². The van der Waals surface area contributed by atoms with Crippen LogP contribution < -0.4 is 0 Å². The van der Waals surface area contributed by atoms with Crippen LogP contribution in [0.3, 0.4) is 0 Å². The highest BCUT2D eigenvalue weighted by Gasteiger charge is 2.18. The summed E-state index contributed by atoms with van der Waals surface area (Å²) >= 11 is 0. The van der Waals surface area contributed by atoms with Gasteiger partial charge in [-0.15, -0.1) is 0 Å². The zero-order chi connectivity index (χ0) is 17.3. The first-order valence-corrected chi connectivity index (χ1v) is 8.54. The van der Waals surface area contributed by atoms with E-state index in [0.717, 1.165) is 39.4 Å². The first-order chi connectivity index (χ1) is 12.9. The molecule has 0 aliphatic carbocycles. The maximum Gasteiger partial charge on any atom is 0.142 e. The molecule has 124 valence electrons. The molecule has 0 unspecified atom stereocenters. The second-order valence-electron chi connectivity index (χ2n) is 6.12. The summed E-state index contributed by atoms with van der Waals surface area (Å²) < 4.78 is 1.97. The van der Waals surface area contributed by atoms with Crippen LogP contribution in [0.15, 0.2) is 91.1 Å². The molecule has 0 radical (unpaired) electrons. The Labute approximate surface area is 150 Å². The number of aromatic nitrogens is 4. The van der Waals surface area contributed by atoms with Gasteiger partial charge in [-0.05, 0) is 24.3 Å². The smallest absolute Gasteiger partial charge is 0.142 e. The number of imidazole rings is 1. The summed E-state index contributed by atoms with van der Waals surface area (Å²) in [6.45, 7) is 0. The Morgan fingerprint density at radius 2 is 1.42 bits per heavy atom. The van der Waals surface area contributed by atoms with E-state index in [-0.39, 0.29) is 0 Å². The van der Waals surface area contributed by atoms with Crippen molar-refractivity contribution in [1.82, 2.24) is 19.7 Å². The van der Waals surface area contributed by atoms with Gasteiger partial charge in [0.05, 0.1) is 34.2 Å². The predicted octanol–water partition coefficient (Wildman–Crippen LogP) is 5.08. The summed E-state index contributed by atoms with van der Waals surface area (Å²) in [6.07, 6.45) is 1.88. The summed E-state index contributed by atoms with van der Waals surface area (Å²) in [4.78, 5) is 8.19. The second kappa shape index (κ2) is 6.01. The molecular formula is C22H16N4. The van der Waals surface area contributed by atoms with Gasteiger partial charge in [0, 0.05) is 5.56 Å². The first-order valence-electron chi connectivity index (χ1n) is 8.54. The molecule has 0 fully saturated rings. The van der Waals surface area contributed by atoms with Crippen molar-refractivity contribution in [3.8, 4) is 28.3 Å². The van der Waals surface area contributed by atoms with E-state index in [4.69, 9.17) is 4.98 Å². The molecule has 4 heteroatoms. The van der Waals surface area contributed by atoms with Gasteiger partial charge in [0.25, 0.3) is 0 Å². The van der Waals surface area contributed by atoms with Crippen molar-refractivity contribution in [2.45, 2.75) is 0 Å². The van der Waals surface area contributed by atoms with Crippen LogP contribution in [0.5, 0.6) is 0 Å². The number of aromatic amines is 1. The Bertz CT molecular complexity index is 1140. The van der Waals surface area contributed by atoms with Gasteiger partial charge in [-0.3, -0.25) is 0 Å². The van der Waals surface area contributed by atoms with E-state index >= 15 is 0 Å². The lowest BCUT2D eigenvalue weighted by molar-refractivity contribution is 0.888. The number of fused-ring (bicyclic) bond motifs is 1. The Balaban J connectivity index is 1.77. The quantitative estimate of drug-likeness (QED) is 0.499. The molecule has 5 rings (SSSR count). The Hall–Kier alpha value is -3.66. The molecule has 0 saturated carbocycles. The summed E-state index contributed by atoms with van der Waals surface area (Å²) in [6, 6.07) is 28.5. The van der Waals surface area contributed by atoms with E-state index < -0.39 is 0 Å². The van der Waals surface area contributed by atoms with Crippen LogP contribution in [0.2, 0.25) is 0 Å². The van der Waals surface area contributed by atoms with E-state index in [0.29, 0.717) is 0 Å². The Morgan fingerprint density at radius 3 is 2.19 bits per heavy atom. The normalized spacial score (nSPS) is 11.1. The molecule has 0 bridgehead atoms. The third-order valence-electron chi connectivity index (χ3n) is 4.46. The maximum absolute atomic E-state index is 4.77. The van der Waals surface area contributed by atoms with Gasteiger partial charge in [-0.2, -0.15) is 5.10 Å². The van der Waals surface area contributed by atoms with E-state index in [1.807, 2.05) is 71.5 Å². The highest BCUT2D eigenvalue weighted by molar-refractivity contribution is 5.84. The molecule has 0 aliphatic heterocycles. The van der Waals surface area contributed by atoms with Crippen LogP contribution in [0, 0.1) is 0 Å². The number of nitrogens with one attached hydrogen (secondary N) is 1. The van der Waals surface area contributed by atoms with E-state index in [9.17, 15) is 0 Å². The van der Waals surface area contributed by atoms with Gasteiger partial charge in [0.15, 0.2) is 0 Å². The predicted molar refractivity (Wildman–Crippen MR) is 104 cm³/mol. The summed E-state index contributed by atoms with van der Waals surface area (Å²) in [5.74, 6) is 0.826. The van der Waals surface area contributed by atoms with E-state index in [1.165, 1.54) is 0 Å². The molecule has 1 N–H and O–H groups in total. The number of para-hydroxylation sites is 3. The summed E-state index contributed by atoms with van der Waals surface area (Å²) in [5, 5.41) is 4.67.